The van der Waals surface area contributed by atoms with E-state index in [-0.39, 0.29) is 5.91 Å². The van der Waals surface area contributed by atoms with Crippen molar-refractivity contribution in [1.82, 2.24) is 20.4 Å². The monoisotopic (exact) mass is 422 g/mol. The van der Waals surface area contributed by atoms with Crippen LogP contribution in [0.3, 0.4) is 0 Å². The summed E-state index contributed by atoms with van der Waals surface area (Å²) in [6, 6.07) is 11.3. The highest BCUT2D eigenvalue weighted by atomic mass is 16.5. The summed E-state index contributed by atoms with van der Waals surface area (Å²) in [4.78, 5) is 19.0. The molecule has 0 unspecified atom stereocenters. The molecule has 4 rings (SSSR count). The van der Waals surface area contributed by atoms with Gasteiger partial charge >= 0.3 is 0 Å². The number of carbonyl (C=O) groups excluding carboxylic acids is 1. The Balaban J connectivity index is 1.30. The Kier molecular flexibility index (Phi) is 6.18. The highest BCUT2D eigenvalue weighted by Gasteiger charge is 2.19. The number of aromatic nitrogens is 2. The first-order valence-corrected chi connectivity index (χ1v) is 10.2. The first-order chi connectivity index (χ1) is 15.1. The van der Waals surface area contributed by atoms with Crippen molar-refractivity contribution in [3.05, 3.63) is 58.9 Å². The molecule has 0 radical (unpaired) electrons. The fourth-order valence-corrected chi connectivity index (χ4v) is 3.74. The number of nitrogens with zero attached hydrogens (tertiary/aromatic N) is 3. The van der Waals surface area contributed by atoms with Gasteiger partial charge in [-0.3, -0.25) is 9.69 Å². The molecular formula is C23H26N4O4. The molecule has 0 spiro atoms. The van der Waals surface area contributed by atoms with Crippen molar-refractivity contribution >= 4 is 5.91 Å². The summed E-state index contributed by atoms with van der Waals surface area (Å²) in [7, 11) is 3.30. The number of carbonyl (C=O) groups is 1. The number of amides is 1. The smallest absolute Gasteiger partial charge is 0.257 e. The first kappa shape index (κ1) is 20.9. The molecule has 0 bridgehead atoms. The number of nitrogens with one attached hydrogen (secondary N) is 1. The topological polar surface area (TPSA) is 89.7 Å². The Hall–Kier alpha value is -3.39. The van der Waals surface area contributed by atoms with E-state index in [0.717, 1.165) is 43.1 Å². The molecule has 2 aromatic carbocycles. The van der Waals surface area contributed by atoms with Gasteiger partial charge in [-0.2, -0.15) is 4.98 Å². The second-order valence-corrected chi connectivity index (χ2v) is 7.48. The van der Waals surface area contributed by atoms with E-state index in [1.54, 1.807) is 33.3 Å². The Labute approximate surface area is 181 Å². The average molecular weight is 422 g/mol. The molecule has 0 aliphatic carbocycles. The van der Waals surface area contributed by atoms with Gasteiger partial charge in [-0.05, 0) is 60.9 Å². The third-order valence-electron chi connectivity index (χ3n) is 5.43. The van der Waals surface area contributed by atoms with Gasteiger partial charge in [0.2, 0.25) is 0 Å². The summed E-state index contributed by atoms with van der Waals surface area (Å²) < 4.78 is 16.0. The molecule has 3 aromatic rings. The molecular weight excluding hydrogens is 396 g/mol. The van der Waals surface area contributed by atoms with Crippen molar-refractivity contribution in [2.45, 2.75) is 19.9 Å². The van der Waals surface area contributed by atoms with Gasteiger partial charge in [-0.15, -0.1) is 0 Å². The zero-order valence-corrected chi connectivity index (χ0v) is 18.0. The molecule has 162 valence electrons. The average Bonchev–Trinajstić information content (AvgIpc) is 3.24. The number of hydrogen-bond acceptors (Lipinski definition) is 7. The van der Waals surface area contributed by atoms with Gasteiger partial charge in [0.05, 0.1) is 14.2 Å². The molecule has 2 heterocycles. The highest BCUT2D eigenvalue weighted by molar-refractivity contribution is 5.94. The SMILES string of the molecule is COc1cc2c(cc1OC)CN(CCNC(=O)c1ccc(-c3nc(C)no3)cc1)CC2. The zero-order chi connectivity index (χ0) is 21.8. The van der Waals surface area contributed by atoms with Crippen LogP contribution in [0.2, 0.25) is 0 Å². The second kappa shape index (κ2) is 9.18. The summed E-state index contributed by atoms with van der Waals surface area (Å²) >= 11 is 0. The molecule has 0 saturated carbocycles. The number of aryl methyl sites for hydroxylation is 1. The van der Waals surface area contributed by atoms with Crippen LogP contribution in [0.15, 0.2) is 40.9 Å². The molecule has 1 aliphatic heterocycles. The molecule has 1 aliphatic rings. The van der Waals surface area contributed by atoms with E-state index in [1.807, 2.05) is 18.2 Å². The number of benzene rings is 2. The van der Waals surface area contributed by atoms with Crippen LogP contribution in [0, 0.1) is 6.92 Å². The molecule has 8 heteroatoms. The van der Waals surface area contributed by atoms with Gasteiger partial charge in [0.25, 0.3) is 11.8 Å². The largest absolute Gasteiger partial charge is 0.493 e. The van der Waals surface area contributed by atoms with Crippen molar-refractivity contribution in [2.75, 3.05) is 33.9 Å². The van der Waals surface area contributed by atoms with Gasteiger partial charge < -0.3 is 19.3 Å². The van der Waals surface area contributed by atoms with Crippen LogP contribution in [0.5, 0.6) is 11.5 Å². The van der Waals surface area contributed by atoms with Crippen LogP contribution >= 0.6 is 0 Å². The molecule has 0 saturated heterocycles. The van der Waals surface area contributed by atoms with E-state index in [0.29, 0.717) is 23.8 Å². The van der Waals surface area contributed by atoms with Crippen molar-refractivity contribution < 1.29 is 18.8 Å². The summed E-state index contributed by atoms with van der Waals surface area (Å²) in [5, 5.41) is 6.78. The van der Waals surface area contributed by atoms with Crippen LogP contribution in [0.25, 0.3) is 11.5 Å². The Morgan fingerprint density at radius 3 is 2.48 bits per heavy atom. The highest BCUT2D eigenvalue weighted by Crippen LogP contribution is 2.33. The van der Waals surface area contributed by atoms with Crippen molar-refractivity contribution in [1.29, 1.82) is 0 Å². The number of methoxy groups -OCH3 is 2. The summed E-state index contributed by atoms with van der Waals surface area (Å²) in [5.41, 5.74) is 3.91. The third-order valence-corrected chi connectivity index (χ3v) is 5.43. The van der Waals surface area contributed by atoms with E-state index < -0.39 is 0 Å². The Bertz CT molecular complexity index is 1060. The zero-order valence-electron chi connectivity index (χ0n) is 18.0. The van der Waals surface area contributed by atoms with E-state index in [4.69, 9.17) is 14.0 Å². The Morgan fingerprint density at radius 2 is 1.84 bits per heavy atom. The summed E-state index contributed by atoms with van der Waals surface area (Å²) in [6.07, 6.45) is 0.945. The minimum atomic E-state index is -0.0999. The second-order valence-electron chi connectivity index (χ2n) is 7.48. The van der Waals surface area contributed by atoms with Crippen molar-refractivity contribution in [2.24, 2.45) is 0 Å². The third kappa shape index (κ3) is 4.69. The van der Waals surface area contributed by atoms with E-state index in [9.17, 15) is 4.79 Å². The normalized spacial score (nSPS) is 13.5. The number of ether oxygens (including phenoxy) is 2. The Morgan fingerprint density at radius 1 is 1.13 bits per heavy atom. The fraction of sp³-hybridized carbons (Fsp3) is 0.348. The lowest BCUT2D eigenvalue weighted by Crippen LogP contribution is -2.37. The van der Waals surface area contributed by atoms with Gasteiger partial charge in [0.1, 0.15) is 0 Å². The maximum Gasteiger partial charge on any atom is 0.257 e. The molecule has 0 atom stereocenters. The lowest BCUT2D eigenvalue weighted by molar-refractivity contribution is 0.0947. The van der Waals surface area contributed by atoms with Crippen LogP contribution in [-0.2, 0) is 13.0 Å². The standard InChI is InChI=1S/C23H26N4O4/c1-15-25-23(31-26-15)17-6-4-16(5-7-17)22(28)24-9-11-27-10-8-18-12-20(29-2)21(30-3)13-19(18)14-27/h4-7,12-13H,8-11,14H2,1-3H3,(H,24,28). The summed E-state index contributed by atoms with van der Waals surface area (Å²) in [5.74, 6) is 2.44. The minimum absolute atomic E-state index is 0.0999. The molecule has 1 amide bonds. The van der Waals surface area contributed by atoms with Gasteiger partial charge in [0.15, 0.2) is 17.3 Å². The van der Waals surface area contributed by atoms with Crippen LogP contribution < -0.4 is 14.8 Å². The molecule has 1 N–H and O–H groups in total. The number of hydrogen-bond donors (Lipinski definition) is 1. The number of rotatable bonds is 7. The molecule has 31 heavy (non-hydrogen) atoms. The van der Waals surface area contributed by atoms with Gasteiger partial charge in [0, 0.05) is 37.3 Å². The van der Waals surface area contributed by atoms with Crippen molar-refractivity contribution in [3.8, 4) is 23.0 Å². The molecule has 8 nitrogen and oxygen atoms in total. The summed E-state index contributed by atoms with van der Waals surface area (Å²) in [6.45, 7) is 4.88. The predicted octanol–water partition coefficient (Wildman–Crippen LogP) is 2.85. The van der Waals surface area contributed by atoms with E-state index >= 15 is 0 Å². The van der Waals surface area contributed by atoms with Crippen LogP contribution in [-0.4, -0.2) is 54.8 Å². The maximum atomic E-state index is 12.5. The van der Waals surface area contributed by atoms with Crippen LogP contribution in [0.1, 0.15) is 27.3 Å². The van der Waals surface area contributed by atoms with Crippen molar-refractivity contribution in [3.63, 3.8) is 0 Å². The minimum Gasteiger partial charge on any atom is -0.493 e. The maximum absolute atomic E-state index is 12.5. The predicted molar refractivity (Wildman–Crippen MR) is 115 cm³/mol. The first-order valence-electron chi connectivity index (χ1n) is 10.2. The number of fused-ring (bicyclic) bond motifs is 1. The quantitative estimate of drug-likeness (QED) is 0.626. The van der Waals surface area contributed by atoms with E-state index in [2.05, 4.69) is 26.4 Å². The lowest BCUT2D eigenvalue weighted by Gasteiger charge is -2.29. The fourth-order valence-electron chi connectivity index (χ4n) is 3.74. The van der Waals surface area contributed by atoms with E-state index in [1.165, 1.54) is 11.1 Å². The van der Waals surface area contributed by atoms with Gasteiger partial charge in [-0.1, -0.05) is 5.16 Å². The lowest BCUT2D eigenvalue weighted by atomic mass is 9.99. The van der Waals surface area contributed by atoms with Crippen LogP contribution in [0.4, 0.5) is 0 Å². The molecule has 0 fully saturated rings. The molecule has 1 aromatic heterocycles. The van der Waals surface area contributed by atoms with Gasteiger partial charge in [-0.25, -0.2) is 0 Å².